The summed E-state index contributed by atoms with van der Waals surface area (Å²) in [4.78, 5) is 11.3. The minimum Gasteiger partial charge on any atom is -0.494 e. The first-order valence-corrected chi connectivity index (χ1v) is 15.8. The number of nitrogens with zero attached hydrogens (tertiary/aromatic N) is 2. The number of carbonyl (C=O) groups excluding carboxylic acids is 1. The predicted octanol–water partition coefficient (Wildman–Crippen LogP) is 10.9. The number of rotatable bonds is 24. The van der Waals surface area contributed by atoms with Gasteiger partial charge in [0.05, 0.1) is 31.2 Å². The van der Waals surface area contributed by atoms with Crippen LogP contribution < -0.4 is 9.47 Å². The molecule has 0 atom stereocenters. The van der Waals surface area contributed by atoms with Crippen LogP contribution in [0, 0.1) is 0 Å². The molecular formula is C35H52N2O4. The molecule has 0 aliphatic carbocycles. The van der Waals surface area contributed by atoms with Gasteiger partial charge in [0.15, 0.2) is 0 Å². The molecule has 0 heterocycles. The number of ether oxygens (including phenoxy) is 3. The van der Waals surface area contributed by atoms with Gasteiger partial charge in [-0.2, -0.15) is 10.2 Å². The standard InChI is InChI=1S/C35H52N2O4/c1-4-5-6-7-10-13-16-27-39-33-23-19-31(20-24-33)36-37-32-21-25-34(26-22-32)40-28-17-14-11-8-9-12-15-18-29-41-35(38)30(2)3/h19-26H,2,4-18,27-29H2,1,3H3. The maximum absolute atomic E-state index is 11.3. The fourth-order valence-corrected chi connectivity index (χ4v) is 4.33. The molecular weight excluding hydrogens is 512 g/mol. The highest BCUT2D eigenvalue weighted by Gasteiger charge is 2.02. The van der Waals surface area contributed by atoms with Crippen LogP contribution in [0.25, 0.3) is 0 Å². The highest BCUT2D eigenvalue weighted by atomic mass is 16.5. The molecule has 0 amide bonds. The van der Waals surface area contributed by atoms with Crippen molar-refractivity contribution in [1.29, 1.82) is 0 Å². The molecule has 0 fully saturated rings. The first-order valence-electron chi connectivity index (χ1n) is 15.8. The number of azo groups is 1. The number of benzene rings is 2. The number of esters is 1. The third-order valence-electron chi connectivity index (χ3n) is 6.86. The van der Waals surface area contributed by atoms with E-state index in [0.29, 0.717) is 12.2 Å². The van der Waals surface area contributed by atoms with Gasteiger partial charge in [0.2, 0.25) is 0 Å². The molecule has 2 aromatic carbocycles. The Balaban J connectivity index is 1.49. The van der Waals surface area contributed by atoms with Crippen molar-refractivity contribution >= 4 is 17.3 Å². The van der Waals surface area contributed by atoms with Crippen molar-refractivity contribution in [2.45, 2.75) is 110 Å². The average molecular weight is 565 g/mol. The van der Waals surface area contributed by atoms with Gasteiger partial charge >= 0.3 is 5.97 Å². The molecule has 41 heavy (non-hydrogen) atoms. The zero-order valence-electron chi connectivity index (χ0n) is 25.6. The monoisotopic (exact) mass is 564 g/mol. The van der Waals surface area contributed by atoms with Crippen molar-refractivity contribution in [1.82, 2.24) is 0 Å². The van der Waals surface area contributed by atoms with Crippen LogP contribution in [0.2, 0.25) is 0 Å². The van der Waals surface area contributed by atoms with Crippen molar-refractivity contribution in [2.24, 2.45) is 10.2 Å². The molecule has 0 saturated carbocycles. The van der Waals surface area contributed by atoms with Gasteiger partial charge in [-0.15, -0.1) is 0 Å². The maximum Gasteiger partial charge on any atom is 0.333 e. The molecule has 0 saturated heterocycles. The molecule has 0 aliphatic rings. The quantitative estimate of drug-likeness (QED) is 0.0550. The second-order valence-electron chi connectivity index (χ2n) is 10.8. The summed E-state index contributed by atoms with van der Waals surface area (Å²) in [6.45, 7) is 9.50. The lowest BCUT2D eigenvalue weighted by atomic mass is 10.1. The lowest BCUT2D eigenvalue weighted by Gasteiger charge is -2.07. The van der Waals surface area contributed by atoms with E-state index in [2.05, 4.69) is 23.7 Å². The summed E-state index contributed by atoms with van der Waals surface area (Å²) in [5.41, 5.74) is 2.06. The van der Waals surface area contributed by atoms with Crippen LogP contribution in [0.5, 0.6) is 11.5 Å². The third-order valence-corrected chi connectivity index (χ3v) is 6.86. The smallest absolute Gasteiger partial charge is 0.333 e. The Morgan fingerprint density at radius 2 is 0.951 bits per heavy atom. The van der Waals surface area contributed by atoms with Gasteiger partial charge < -0.3 is 14.2 Å². The van der Waals surface area contributed by atoms with E-state index in [9.17, 15) is 4.79 Å². The van der Waals surface area contributed by atoms with Crippen LogP contribution in [-0.4, -0.2) is 25.8 Å². The highest BCUT2D eigenvalue weighted by molar-refractivity contribution is 5.86. The van der Waals surface area contributed by atoms with Crippen LogP contribution >= 0.6 is 0 Å². The lowest BCUT2D eigenvalue weighted by Crippen LogP contribution is -2.05. The van der Waals surface area contributed by atoms with Gasteiger partial charge in [-0.05, 0) is 74.7 Å². The van der Waals surface area contributed by atoms with Crippen molar-refractivity contribution in [3.8, 4) is 11.5 Å². The first kappa shape index (κ1) is 34.1. The fourth-order valence-electron chi connectivity index (χ4n) is 4.33. The van der Waals surface area contributed by atoms with Gasteiger partial charge in [0, 0.05) is 5.57 Å². The molecule has 0 aromatic heterocycles. The molecule has 0 aliphatic heterocycles. The van der Waals surface area contributed by atoms with Crippen molar-refractivity contribution in [3.05, 3.63) is 60.7 Å². The summed E-state index contributed by atoms with van der Waals surface area (Å²) in [5.74, 6) is 1.45. The van der Waals surface area contributed by atoms with Gasteiger partial charge in [-0.3, -0.25) is 0 Å². The zero-order chi connectivity index (χ0) is 29.4. The van der Waals surface area contributed by atoms with E-state index >= 15 is 0 Å². The number of unbranched alkanes of at least 4 members (excludes halogenated alkanes) is 13. The second-order valence-corrected chi connectivity index (χ2v) is 10.8. The molecule has 0 unspecified atom stereocenters. The Hall–Kier alpha value is -3.15. The topological polar surface area (TPSA) is 69.5 Å². The molecule has 0 spiro atoms. The van der Waals surface area contributed by atoms with Crippen LogP contribution in [-0.2, 0) is 9.53 Å². The van der Waals surface area contributed by atoms with Gasteiger partial charge in [-0.25, -0.2) is 4.79 Å². The average Bonchev–Trinajstić information content (AvgIpc) is 2.99. The predicted molar refractivity (Wildman–Crippen MR) is 169 cm³/mol. The molecule has 0 bridgehead atoms. The second kappa shape index (κ2) is 22.5. The molecule has 2 aromatic rings. The SMILES string of the molecule is C=C(C)C(=O)OCCCCCCCCCCOc1ccc(N=Nc2ccc(OCCCCCCCCC)cc2)cc1. The highest BCUT2D eigenvalue weighted by Crippen LogP contribution is 2.23. The van der Waals surface area contributed by atoms with Crippen LogP contribution in [0.3, 0.4) is 0 Å². The van der Waals surface area contributed by atoms with E-state index in [1.54, 1.807) is 6.92 Å². The third kappa shape index (κ3) is 17.3. The minimum absolute atomic E-state index is 0.287. The number of carbonyl (C=O) groups is 1. The molecule has 0 N–H and O–H groups in total. The van der Waals surface area contributed by atoms with E-state index in [1.165, 1.54) is 70.6 Å². The Kier molecular flexibility index (Phi) is 18.7. The summed E-state index contributed by atoms with van der Waals surface area (Å²) in [7, 11) is 0. The summed E-state index contributed by atoms with van der Waals surface area (Å²) in [6, 6.07) is 15.5. The summed E-state index contributed by atoms with van der Waals surface area (Å²) < 4.78 is 16.8. The Morgan fingerprint density at radius 1 is 0.585 bits per heavy atom. The lowest BCUT2D eigenvalue weighted by molar-refractivity contribution is -0.139. The number of hydrogen-bond donors (Lipinski definition) is 0. The molecule has 6 heteroatoms. The zero-order valence-corrected chi connectivity index (χ0v) is 25.6. The van der Waals surface area contributed by atoms with Gasteiger partial charge in [-0.1, -0.05) is 90.6 Å². The normalized spacial score (nSPS) is 11.1. The van der Waals surface area contributed by atoms with E-state index in [-0.39, 0.29) is 5.97 Å². The number of hydrogen-bond acceptors (Lipinski definition) is 6. The van der Waals surface area contributed by atoms with E-state index in [4.69, 9.17) is 14.2 Å². The van der Waals surface area contributed by atoms with Crippen molar-refractivity contribution < 1.29 is 19.0 Å². The summed E-state index contributed by atoms with van der Waals surface area (Å²) in [6.07, 6.45) is 18.1. The minimum atomic E-state index is -0.287. The Bertz CT molecular complexity index is 986. The van der Waals surface area contributed by atoms with Crippen molar-refractivity contribution in [2.75, 3.05) is 19.8 Å². The molecule has 0 radical (unpaired) electrons. The largest absolute Gasteiger partial charge is 0.494 e. The van der Waals surface area contributed by atoms with Crippen LogP contribution in [0.15, 0.2) is 70.9 Å². The van der Waals surface area contributed by atoms with E-state index in [1.807, 2.05) is 48.5 Å². The first-order chi connectivity index (χ1) is 20.1. The molecule has 6 nitrogen and oxygen atoms in total. The van der Waals surface area contributed by atoms with Crippen LogP contribution in [0.1, 0.15) is 110 Å². The molecule has 226 valence electrons. The Labute approximate surface area is 248 Å². The molecule has 2 rings (SSSR count). The van der Waals surface area contributed by atoms with Gasteiger partial charge in [0.25, 0.3) is 0 Å². The summed E-state index contributed by atoms with van der Waals surface area (Å²) in [5, 5.41) is 8.69. The summed E-state index contributed by atoms with van der Waals surface area (Å²) >= 11 is 0. The van der Waals surface area contributed by atoms with Gasteiger partial charge in [0.1, 0.15) is 11.5 Å². The maximum atomic E-state index is 11.3. The van der Waals surface area contributed by atoms with Crippen LogP contribution in [0.4, 0.5) is 11.4 Å². The van der Waals surface area contributed by atoms with Crippen molar-refractivity contribution in [3.63, 3.8) is 0 Å². The van der Waals surface area contributed by atoms with E-state index < -0.39 is 0 Å². The fraction of sp³-hybridized carbons (Fsp3) is 0.571. The Morgan fingerprint density at radius 3 is 1.34 bits per heavy atom. The van der Waals surface area contributed by atoms with E-state index in [0.717, 1.165) is 61.8 Å².